The maximum Gasteiger partial charge on any atom is 0.317 e. The number of carboxylic acid groups (broad SMARTS) is 1. The molecule has 1 saturated heterocycles. The highest BCUT2D eigenvalue weighted by molar-refractivity contribution is 7.09. The number of nitrogens with zero attached hydrogens (tertiary/aromatic N) is 2. The van der Waals surface area contributed by atoms with E-state index in [1.807, 2.05) is 5.38 Å². The molecule has 0 bridgehead atoms. The highest BCUT2D eigenvalue weighted by Gasteiger charge is 2.30. The molecule has 1 fully saturated rings. The number of carboxylic acids is 1. The molecule has 1 aliphatic heterocycles. The van der Waals surface area contributed by atoms with Crippen LogP contribution in [0.2, 0.25) is 0 Å². The van der Waals surface area contributed by atoms with Gasteiger partial charge in [-0.05, 0) is 6.42 Å². The summed E-state index contributed by atoms with van der Waals surface area (Å²) in [5.74, 6) is -0.826. The molecule has 1 atom stereocenters. The molecule has 0 spiro atoms. The molecule has 0 aromatic carbocycles. The third-order valence-corrected chi connectivity index (χ3v) is 4.74. The Morgan fingerprint density at radius 1 is 1.57 bits per heavy atom. The smallest absolute Gasteiger partial charge is 0.317 e. The third-order valence-electron chi connectivity index (χ3n) is 3.55. The molecule has 2 heterocycles. The summed E-state index contributed by atoms with van der Waals surface area (Å²) >= 11 is 1.65. The summed E-state index contributed by atoms with van der Waals surface area (Å²) in [5, 5.41) is 14.9. The molecule has 2 rings (SSSR count). The average Bonchev–Trinajstić information content (AvgIpc) is 3.07. The van der Waals surface area contributed by atoms with Gasteiger partial charge in [-0.3, -0.25) is 4.79 Å². The molecule has 6 nitrogen and oxygen atoms in total. The minimum Gasteiger partial charge on any atom is -0.481 e. The Balaban J connectivity index is 1.73. The zero-order valence-corrected chi connectivity index (χ0v) is 13.2. The zero-order valence-electron chi connectivity index (χ0n) is 12.3. The van der Waals surface area contributed by atoms with Gasteiger partial charge in [-0.1, -0.05) is 13.8 Å². The minimum atomic E-state index is -0.825. The number of rotatable bonds is 5. The molecule has 1 aliphatic rings. The number of likely N-dealkylation sites (tertiary alicyclic amines) is 1. The molecule has 1 aromatic rings. The van der Waals surface area contributed by atoms with E-state index in [1.165, 1.54) is 0 Å². The minimum absolute atomic E-state index is 0.182. The van der Waals surface area contributed by atoms with Gasteiger partial charge >= 0.3 is 12.0 Å². The Morgan fingerprint density at radius 2 is 2.33 bits per heavy atom. The van der Waals surface area contributed by atoms with Gasteiger partial charge in [0.2, 0.25) is 0 Å². The second kappa shape index (κ2) is 6.89. The van der Waals surface area contributed by atoms with Crippen LogP contribution in [0.1, 0.15) is 36.9 Å². The number of nitrogens with one attached hydrogen (secondary N) is 1. The van der Waals surface area contributed by atoms with Crippen LogP contribution in [0, 0.1) is 5.92 Å². The van der Waals surface area contributed by atoms with Gasteiger partial charge in [0.25, 0.3) is 0 Å². The highest BCUT2D eigenvalue weighted by atomic mass is 32.1. The van der Waals surface area contributed by atoms with Crippen LogP contribution >= 0.6 is 11.3 Å². The first-order valence-electron chi connectivity index (χ1n) is 7.17. The number of thiazole rings is 1. The van der Waals surface area contributed by atoms with Crippen molar-refractivity contribution in [2.45, 2.75) is 32.6 Å². The fraction of sp³-hybridized carbons (Fsp3) is 0.643. The maximum absolute atomic E-state index is 11.9. The summed E-state index contributed by atoms with van der Waals surface area (Å²) in [6.07, 6.45) is 1.23. The number of hydrogen-bond donors (Lipinski definition) is 2. The lowest BCUT2D eigenvalue weighted by Crippen LogP contribution is -2.39. The number of carbonyl (C=O) groups excluding carboxylic acids is 1. The van der Waals surface area contributed by atoms with Crippen LogP contribution in [0.25, 0.3) is 0 Å². The molecule has 0 radical (unpaired) electrons. The predicted molar refractivity (Wildman–Crippen MR) is 80.6 cm³/mol. The standard InChI is InChI=1S/C14H21N3O3S/c1-9(2)12-16-11(8-21-12)3-5-15-14(20)17-6-4-10(7-17)13(18)19/h8-10H,3-7H2,1-2H3,(H,15,20)(H,18,19). The van der Waals surface area contributed by atoms with Gasteiger partial charge in [-0.25, -0.2) is 9.78 Å². The Labute approximate surface area is 128 Å². The van der Waals surface area contributed by atoms with Crippen LogP contribution in [0.4, 0.5) is 4.79 Å². The first-order valence-corrected chi connectivity index (χ1v) is 8.05. The van der Waals surface area contributed by atoms with Crippen LogP contribution in [-0.2, 0) is 11.2 Å². The van der Waals surface area contributed by atoms with Crippen molar-refractivity contribution in [2.24, 2.45) is 5.92 Å². The third kappa shape index (κ3) is 4.17. The molecule has 0 aliphatic carbocycles. The topological polar surface area (TPSA) is 82.5 Å². The molecule has 2 amide bonds. The van der Waals surface area contributed by atoms with Gasteiger partial charge in [-0.15, -0.1) is 11.3 Å². The van der Waals surface area contributed by atoms with Crippen molar-refractivity contribution in [3.8, 4) is 0 Å². The number of aromatic nitrogens is 1. The van der Waals surface area contributed by atoms with Crippen LogP contribution in [-0.4, -0.2) is 46.6 Å². The van der Waals surface area contributed by atoms with Gasteiger partial charge in [-0.2, -0.15) is 0 Å². The van der Waals surface area contributed by atoms with Crippen molar-refractivity contribution < 1.29 is 14.7 Å². The van der Waals surface area contributed by atoms with Crippen molar-refractivity contribution in [3.05, 3.63) is 16.1 Å². The lowest BCUT2D eigenvalue weighted by Gasteiger charge is -2.16. The lowest BCUT2D eigenvalue weighted by molar-refractivity contribution is -0.141. The van der Waals surface area contributed by atoms with E-state index in [9.17, 15) is 9.59 Å². The quantitative estimate of drug-likeness (QED) is 0.870. The summed E-state index contributed by atoms with van der Waals surface area (Å²) in [4.78, 5) is 28.9. The average molecular weight is 311 g/mol. The van der Waals surface area contributed by atoms with Crippen molar-refractivity contribution in [1.82, 2.24) is 15.2 Å². The fourth-order valence-corrected chi connectivity index (χ4v) is 3.13. The number of hydrogen-bond acceptors (Lipinski definition) is 4. The van der Waals surface area contributed by atoms with Crippen molar-refractivity contribution >= 4 is 23.3 Å². The number of urea groups is 1. The molecule has 21 heavy (non-hydrogen) atoms. The first-order chi connectivity index (χ1) is 9.97. The summed E-state index contributed by atoms with van der Waals surface area (Å²) < 4.78 is 0. The Bertz CT molecular complexity index is 515. The number of aliphatic carboxylic acids is 1. The number of carbonyl (C=O) groups is 2. The van der Waals surface area contributed by atoms with E-state index in [0.717, 1.165) is 10.7 Å². The SMILES string of the molecule is CC(C)c1nc(CCNC(=O)N2CCC(C(=O)O)C2)cs1. The molecule has 2 N–H and O–H groups in total. The Kier molecular flexibility index (Phi) is 5.17. The molecular weight excluding hydrogens is 290 g/mol. The van der Waals surface area contributed by atoms with Crippen molar-refractivity contribution in [3.63, 3.8) is 0 Å². The van der Waals surface area contributed by atoms with E-state index in [-0.39, 0.29) is 6.03 Å². The second-order valence-electron chi connectivity index (χ2n) is 5.58. The summed E-state index contributed by atoms with van der Waals surface area (Å²) in [6.45, 7) is 5.55. The lowest BCUT2D eigenvalue weighted by atomic mass is 10.1. The van der Waals surface area contributed by atoms with Crippen molar-refractivity contribution in [2.75, 3.05) is 19.6 Å². The molecular formula is C14H21N3O3S. The van der Waals surface area contributed by atoms with Crippen LogP contribution < -0.4 is 5.32 Å². The van der Waals surface area contributed by atoms with Crippen LogP contribution in [0.15, 0.2) is 5.38 Å². The monoisotopic (exact) mass is 311 g/mol. The fourth-order valence-electron chi connectivity index (χ4n) is 2.26. The highest BCUT2D eigenvalue weighted by Crippen LogP contribution is 2.19. The van der Waals surface area contributed by atoms with E-state index < -0.39 is 11.9 Å². The van der Waals surface area contributed by atoms with Gasteiger partial charge in [0.15, 0.2) is 0 Å². The van der Waals surface area contributed by atoms with Crippen molar-refractivity contribution in [1.29, 1.82) is 0 Å². The summed E-state index contributed by atoms with van der Waals surface area (Å²) in [5.41, 5.74) is 0.994. The number of amides is 2. The Hall–Kier alpha value is -1.63. The van der Waals surface area contributed by atoms with Gasteiger partial charge in [0.05, 0.1) is 16.6 Å². The predicted octanol–water partition coefficient (Wildman–Crippen LogP) is 1.93. The normalized spacial score (nSPS) is 18.2. The largest absolute Gasteiger partial charge is 0.481 e. The maximum atomic E-state index is 11.9. The first kappa shape index (κ1) is 15.8. The van der Waals surface area contributed by atoms with Gasteiger partial charge < -0.3 is 15.3 Å². The Morgan fingerprint density at radius 3 is 2.90 bits per heavy atom. The molecule has 116 valence electrons. The summed E-state index contributed by atoms with van der Waals surface area (Å²) in [7, 11) is 0. The van der Waals surface area contributed by atoms with E-state index in [4.69, 9.17) is 5.11 Å². The van der Waals surface area contributed by atoms with Gasteiger partial charge in [0.1, 0.15) is 0 Å². The van der Waals surface area contributed by atoms with E-state index in [0.29, 0.717) is 38.4 Å². The van der Waals surface area contributed by atoms with E-state index in [1.54, 1.807) is 16.2 Å². The van der Waals surface area contributed by atoms with Gasteiger partial charge in [0, 0.05) is 37.4 Å². The van der Waals surface area contributed by atoms with Crippen LogP contribution in [0.3, 0.4) is 0 Å². The zero-order chi connectivity index (χ0) is 15.4. The summed E-state index contributed by atoms with van der Waals surface area (Å²) in [6, 6.07) is -0.182. The molecule has 0 saturated carbocycles. The molecule has 7 heteroatoms. The second-order valence-corrected chi connectivity index (χ2v) is 6.47. The van der Waals surface area contributed by atoms with Crippen LogP contribution in [0.5, 0.6) is 0 Å². The molecule has 1 unspecified atom stereocenters. The van der Waals surface area contributed by atoms with E-state index >= 15 is 0 Å². The van der Waals surface area contributed by atoms with E-state index in [2.05, 4.69) is 24.1 Å². The molecule has 1 aromatic heterocycles.